The molecule has 2 rings (SSSR count). The van der Waals surface area contributed by atoms with E-state index in [2.05, 4.69) is 0 Å². The fourth-order valence-corrected chi connectivity index (χ4v) is 1.63. The van der Waals surface area contributed by atoms with E-state index in [1.807, 2.05) is 11.9 Å². The maximum absolute atomic E-state index is 12.2. The maximum atomic E-state index is 12.2. The molecule has 0 saturated heterocycles. The van der Waals surface area contributed by atoms with Crippen LogP contribution in [-0.2, 0) is 0 Å². The number of hydrogen-bond donors (Lipinski definition) is 0. The summed E-state index contributed by atoms with van der Waals surface area (Å²) < 4.78 is 29.8. The predicted octanol–water partition coefficient (Wildman–Crippen LogP) is 1.96. The lowest BCUT2D eigenvalue weighted by Crippen LogP contribution is -2.29. The van der Waals surface area contributed by atoms with Gasteiger partial charge >= 0.3 is 6.43 Å². The van der Waals surface area contributed by atoms with Gasteiger partial charge in [0.1, 0.15) is 12.4 Å². The summed E-state index contributed by atoms with van der Waals surface area (Å²) in [5.74, 6) is -0.527. The van der Waals surface area contributed by atoms with Crippen molar-refractivity contribution in [2.75, 3.05) is 25.1 Å². The first-order valence-electron chi connectivity index (χ1n) is 4.90. The average molecular weight is 227 g/mol. The molecule has 1 aromatic carbocycles. The van der Waals surface area contributed by atoms with E-state index in [1.54, 1.807) is 6.07 Å². The molecule has 0 aromatic heterocycles. The Kier molecular flexibility index (Phi) is 2.77. The van der Waals surface area contributed by atoms with Crippen LogP contribution in [0.25, 0.3) is 0 Å². The van der Waals surface area contributed by atoms with Crippen molar-refractivity contribution in [1.29, 1.82) is 0 Å². The summed E-state index contributed by atoms with van der Waals surface area (Å²) in [4.78, 5) is 13.0. The number of hydrogen-bond acceptors (Lipinski definition) is 3. The van der Waals surface area contributed by atoms with Gasteiger partial charge < -0.3 is 9.64 Å². The number of halogens is 2. The minimum Gasteiger partial charge on any atom is -0.490 e. The number of carbonyl (C=O) groups is 1. The van der Waals surface area contributed by atoms with Crippen molar-refractivity contribution in [2.45, 2.75) is 6.43 Å². The molecule has 16 heavy (non-hydrogen) atoms. The Bertz CT molecular complexity index is 420. The third-order valence-electron chi connectivity index (χ3n) is 2.54. The molecular formula is C11H11F2NO2. The number of ether oxygens (including phenoxy) is 1. The molecule has 0 spiro atoms. The van der Waals surface area contributed by atoms with E-state index in [-0.39, 0.29) is 5.56 Å². The molecule has 1 heterocycles. The Morgan fingerprint density at radius 1 is 1.50 bits per heavy atom. The standard InChI is InChI=1S/C11H11F2NO2/c1-14-4-5-16-9-3-2-7(6-8(9)14)10(15)11(12)13/h2-3,6,11H,4-5H2,1H3. The van der Waals surface area contributed by atoms with E-state index in [0.717, 1.165) is 0 Å². The molecule has 1 aromatic rings. The Labute approximate surface area is 91.6 Å². The highest BCUT2D eigenvalue weighted by Gasteiger charge is 2.21. The van der Waals surface area contributed by atoms with Gasteiger partial charge in [0.2, 0.25) is 5.78 Å². The van der Waals surface area contributed by atoms with Crippen molar-refractivity contribution in [3.63, 3.8) is 0 Å². The van der Waals surface area contributed by atoms with Gasteiger partial charge in [-0.1, -0.05) is 0 Å². The van der Waals surface area contributed by atoms with Crippen LogP contribution in [0.2, 0.25) is 0 Å². The first kappa shape index (κ1) is 10.9. The van der Waals surface area contributed by atoms with E-state index < -0.39 is 12.2 Å². The molecule has 0 fully saturated rings. The van der Waals surface area contributed by atoms with Crippen LogP contribution in [0.1, 0.15) is 10.4 Å². The van der Waals surface area contributed by atoms with Crippen molar-refractivity contribution in [2.24, 2.45) is 0 Å². The topological polar surface area (TPSA) is 29.5 Å². The van der Waals surface area contributed by atoms with Gasteiger partial charge in [-0.25, -0.2) is 8.78 Å². The second kappa shape index (κ2) is 4.08. The van der Waals surface area contributed by atoms with Crippen molar-refractivity contribution in [3.05, 3.63) is 23.8 Å². The van der Waals surface area contributed by atoms with Crippen LogP contribution in [0.15, 0.2) is 18.2 Å². The number of rotatable bonds is 2. The molecular weight excluding hydrogens is 216 g/mol. The fraction of sp³-hybridized carbons (Fsp3) is 0.364. The van der Waals surface area contributed by atoms with Crippen LogP contribution in [0, 0.1) is 0 Å². The van der Waals surface area contributed by atoms with Crippen molar-refractivity contribution >= 4 is 11.5 Å². The van der Waals surface area contributed by atoms with Gasteiger partial charge in [-0.05, 0) is 18.2 Å². The smallest absolute Gasteiger partial charge is 0.300 e. The monoisotopic (exact) mass is 227 g/mol. The van der Waals surface area contributed by atoms with Crippen LogP contribution < -0.4 is 9.64 Å². The average Bonchev–Trinajstić information content (AvgIpc) is 2.28. The molecule has 0 amide bonds. The van der Waals surface area contributed by atoms with Crippen molar-refractivity contribution < 1.29 is 18.3 Å². The van der Waals surface area contributed by atoms with Crippen molar-refractivity contribution in [3.8, 4) is 5.75 Å². The number of ketones is 1. The lowest BCUT2D eigenvalue weighted by molar-refractivity contribution is 0.0678. The van der Waals surface area contributed by atoms with E-state index in [9.17, 15) is 13.6 Å². The van der Waals surface area contributed by atoms with Gasteiger partial charge in [-0.2, -0.15) is 0 Å². The Balaban J connectivity index is 2.37. The minimum atomic E-state index is -2.96. The number of benzene rings is 1. The quantitative estimate of drug-likeness (QED) is 0.723. The van der Waals surface area contributed by atoms with E-state index in [1.165, 1.54) is 12.1 Å². The summed E-state index contributed by atoms with van der Waals surface area (Å²) in [6.45, 7) is 1.24. The molecule has 1 aliphatic heterocycles. The highest BCUT2D eigenvalue weighted by molar-refractivity contribution is 5.99. The molecule has 86 valence electrons. The van der Waals surface area contributed by atoms with E-state index in [4.69, 9.17) is 4.74 Å². The predicted molar refractivity (Wildman–Crippen MR) is 55.5 cm³/mol. The molecule has 3 nitrogen and oxygen atoms in total. The number of carbonyl (C=O) groups excluding carboxylic acids is 1. The first-order chi connectivity index (χ1) is 7.59. The van der Waals surface area contributed by atoms with Crippen molar-refractivity contribution in [1.82, 2.24) is 0 Å². The van der Waals surface area contributed by atoms with Crippen LogP contribution in [0.4, 0.5) is 14.5 Å². The molecule has 0 aliphatic carbocycles. The molecule has 1 aliphatic rings. The number of Topliss-reactive ketones (excluding diaryl/α,β-unsaturated/α-hetero) is 1. The summed E-state index contributed by atoms with van der Waals surface area (Å²) in [6.07, 6.45) is -2.96. The lowest BCUT2D eigenvalue weighted by Gasteiger charge is -2.27. The van der Waals surface area contributed by atoms with Gasteiger partial charge in [0.05, 0.1) is 12.2 Å². The van der Waals surface area contributed by atoms with Crippen LogP contribution in [0.3, 0.4) is 0 Å². The molecule has 5 heteroatoms. The Hall–Kier alpha value is -1.65. The molecule has 0 atom stereocenters. The number of nitrogens with zero attached hydrogens (tertiary/aromatic N) is 1. The van der Waals surface area contributed by atoms with Gasteiger partial charge in [0.15, 0.2) is 0 Å². The zero-order chi connectivity index (χ0) is 11.7. The highest BCUT2D eigenvalue weighted by atomic mass is 19.3. The number of anilines is 1. The highest BCUT2D eigenvalue weighted by Crippen LogP contribution is 2.31. The van der Waals surface area contributed by atoms with Crippen LogP contribution in [-0.4, -0.2) is 32.4 Å². The number of likely N-dealkylation sites (N-methyl/N-ethyl adjacent to an activating group) is 1. The summed E-state index contributed by atoms with van der Waals surface area (Å²) in [5, 5.41) is 0. The molecule has 0 saturated carbocycles. The molecule has 0 radical (unpaired) electrons. The summed E-state index contributed by atoms with van der Waals surface area (Å²) in [6, 6.07) is 4.37. The fourth-order valence-electron chi connectivity index (χ4n) is 1.63. The van der Waals surface area contributed by atoms with Gasteiger partial charge in [0, 0.05) is 12.6 Å². The largest absolute Gasteiger partial charge is 0.490 e. The maximum Gasteiger partial charge on any atom is 0.300 e. The zero-order valence-electron chi connectivity index (χ0n) is 8.74. The third kappa shape index (κ3) is 1.85. The second-order valence-corrected chi connectivity index (χ2v) is 3.62. The zero-order valence-corrected chi connectivity index (χ0v) is 8.74. The minimum absolute atomic E-state index is 0.0195. The van der Waals surface area contributed by atoms with Gasteiger partial charge in [-0.15, -0.1) is 0 Å². The summed E-state index contributed by atoms with van der Waals surface area (Å²) in [7, 11) is 1.83. The van der Waals surface area contributed by atoms with E-state index >= 15 is 0 Å². The summed E-state index contributed by atoms with van der Waals surface area (Å²) in [5.41, 5.74) is 0.698. The second-order valence-electron chi connectivity index (χ2n) is 3.62. The Morgan fingerprint density at radius 2 is 2.25 bits per heavy atom. The SMILES string of the molecule is CN1CCOc2ccc(C(=O)C(F)F)cc21. The van der Waals surface area contributed by atoms with Gasteiger partial charge in [-0.3, -0.25) is 4.79 Å². The van der Waals surface area contributed by atoms with E-state index in [0.29, 0.717) is 24.6 Å². The molecule has 0 bridgehead atoms. The van der Waals surface area contributed by atoms with Crippen LogP contribution in [0.5, 0.6) is 5.75 Å². The van der Waals surface area contributed by atoms with Gasteiger partial charge in [0.25, 0.3) is 0 Å². The first-order valence-corrected chi connectivity index (χ1v) is 4.90. The Morgan fingerprint density at radius 3 is 2.94 bits per heavy atom. The number of alkyl halides is 2. The normalized spacial score (nSPS) is 14.6. The molecule has 0 unspecified atom stereocenters. The molecule has 0 N–H and O–H groups in total. The third-order valence-corrected chi connectivity index (χ3v) is 2.54. The number of fused-ring (bicyclic) bond motifs is 1. The summed E-state index contributed by atoms with van der Waals surface area (Å²) >= 11 is 0. The van der Waals surface area contributed by atoms with Crippen LogP contribution >= 0.6 is 0 Å². The lowest BCUT2D eigenvalue weighted by atomic mass is 10.1.